The highest BCUT2D eigenvalue weighted by Gasteiger charge is 2.28. The van der Waals surface area contributed by atoms with Crippen LogP contribution in [0.4, 0.5) is 0 Å². The van der Waals surface area contributed by atoms with Crippen molar-refractivity contribution in [2.24, 2.45) is 10.9 Å². The van der Waals surface area contributed by atoms with Crippen molar-refractivity contribution in [3.63, 3.8) is 0 Å². The molecule has 0 saturated heterocycles. The van der Waals surface area contributed by atoms with E-state index in [-0.39, 0.29) is 35.8 Å². The lowest BCUT2D eigenvalue weighted by Gasteiger charge is -2.11. The van der Waals surface area contributed by atoms with Crippen molar-refractivity contribution in [2.45, 2.75) is 32.6 Å². The van der Waals surface area contributed by atoms with Gasteiger partial charge in [0.1, 0.15) is 0 Å². The number of carbonyl (C=O) groups is 1. The highest BCUT2D eigenvalue weighted by atomic mass is 127. The Morgan fingerprint density at radius 3 is 2.50 bits per heavy atom. The zero-order chi connectivity index (χ0) is 16.8. The zero-order valence-electron chi connectivity index (χ0n) is 14.9. The van der Waals surface area contributed by atoms with Gasteiger partial charge in [0.25, 0.3) is 0 Å². The van der Waals surface area contributed by atoms with E-state index in [4.69, 9.17) is 9.47 Å². The normalized spacial score (nSPS) is 14.0. The van der Waals surface area contributed by atoms with Crippen molar-refractivity contribution in [3.8, 4) is 0 Å². The molecule has 24 heavy (non-hydrogen) atoms. The number of halogens is 1. The first kappa shape index (κ1) is 23.4. The molecule has 0 spiro atoms. The molecule has 0 heterocycles. The summed E-state index contributed by atoms with van der Waals surface area (Å²) in [6, 6.07) is 0. The molecule has 1 amide bonds. The van der Waals surface area contributed by atoms with Crippen molar-refractivity contribution in [1.82, 2.24) is 16.0 Å². The predicted molar refractivity (Wildman–Crippen MR) is 107 cm³/mol. The Morgan fingerprint density at radius 1 is 1.08 bits per heavy atom. The maximum atomic E-state index is 11.5. The van der Waals surface area contributed by atoms with Crippen molar-refractivity contribution >= 4 is 35.8 Å². The van der Waals surface area contributed by atoms with Crippen LogP contribution in [0.1, 0.15) is 32.6 Å². The SMILES string of the molecule is CCNC(=NCCCCOCCOC)NCCNC(=O)C1CC1.I. The Bertz CT molecular complexity index is 352. The third-order valence-electron chi connectivity index (χ3n) is 3.41. The molecule has 1 fully saturated rings. The number of ether oxygens (including phenoxy) is 2. The van der Waals surface area contributed by atoms with Crippen LogP contribution < -0.4 is 16.0 Å². The van der Waals surface area contributed by atoms with Crippen LogP contribution in [0.3, 0.4) is 0 Å². The topological polar surface area (TPSA) is 84.0 Å². The van der Waals surface area contributed by atoms with Crippen LogP contribution in [0.15, 0.2) is 4.99 Å². The highest BCUT2D eigenvalue weighted by Crippen LogP contribution is 2.28. The maximum Gasteiger partial charge on any atom is 0.223 e. The zero-order valence-corrected chi connectivity index (χ0v) is 17.3. The summed E-state index contributed by atoms with van der Waals surface area (Å²) in [6.07, 6.45) is 4.06. The Balaban J connectivity index is 0.00000529. The number of methoxy groups -OCH3 is 1. The van der Waals surface area contributed by atoms with Gasteiger partial charge in [-0.05, 0) is 32.6 Å². The molecule has 0 aromatic rings. The molecule has 0 atom stereocenters. The Morgan fingerprint density at radius 2 is 1.83 bits per heavy atom. The number of rotatable bonds is 13. The fourth-order valence-corrected chi connectivity index (χ4v) is 1.95. The first-order valence-corrected chi connectivity index (χ1v) is 8.64. The van der Waals surface area contributed by atoms with Gasteiger partial charge in [-0.2, -0.15) is 0 Å². The summed E-state index contributed by atoms with van der Waals surface area (Å²) in [6.45, 7) is 6.97. The first-order chi connectivity index (χ1) is 11.3. The van der Waals surface area contributed by atoms with Crippen molar-refractivity contribution in [3.05, 3.63) is 0 Å². The molecule has 0 unspecified atom stereocenters. The number of carbonyl (C=O) groups excluding carboxylic acids is 1. The molecule has 0 aromatic carbocycles. The minimum atomic E-state index is 0. The standard InChI is InChI=1S/C16H32N4O3.HI/c1-3-17-16(19-8-4-5-11-23-13-12-22-2)20-10-9-18-15(21)14-6-7-14;/h14H,3-13H2,1-2H3,(H,18,21)(H2,17,19,20);1H. The third-order valence-corrected chi connectivity index (χ3v) is 3.41. The van der Waals surface area contributed by atoms with E-state index in [0.717, 1.165) is 51.3 Å². The molecule has 0 bridgehead atoms. The Kier molecular flexibility index (Phi) is 15.5. The van der Waals surface area contributed by atoms with Crippen molar-refractivity contribution in [1.29, 1.82) is 0 Å². The van der Waals surface area contributed by atoms with Crippen LogP contribution in [0.5, 0.6) is 0 Å². The number of guanidine groups is 1. The number of nitrogens with zero attached hydrogens (tertiary/aromatic N) is 1. The Hall–Kier alpha value is -0.610. The van der Waals surface area contributed by atoms with Crippen molar-refractivity contribution < 1.29 is 14.3 Å². The van der Waals surface area contributed by atoms with E-state index in [1.54, 1.807) is 7.11 Å². The summed E-state index contributed by atoms with van der Waals surface area (Å²) in [4.78, 5) is 16.0. The molecule has 3 N–H and O–H groups in total. The number of nitrogens with one attached hydrogen (secondary N) is 3. The lowest BCUT2D eigenvalue weighted by molar-refractivity contribution is -0.122. The van der Waals surface area contributed by atoms with E-state index in [1.165, 1.54) is 0 Å². The van der Waals surface area contributed by atoms with Crippen LogP contribution in [0, 0.1) is 5.92 Å². The molecule has 1 aliphatic rings. The quantitative estimate of drug-likeness (QED) is 0.168. The van der Waals surface area contributed by atoms with Gasteiger partial charge in [0.2, 0.25) is 5.91 Å². The minimum Gasteiger partial charge on any atom is -0.382 e. The molecule has 0 aromatic heterocycles. The second kappa shape index (κ2) is 15.9. The van der Waals surface area contributed by atoms with Gasteiger partial charge < -0.3 is 25.4 Å². The molecule has 1 aliphatic carbocycles. The molecule has 142 valence electrons. The summed E-state index contributed by atoms with van der Waals surface area (Å²) in [5, 5.41) is 9.37. The molecular formula is C16H33IN4O3. The average molecular weight is 456 g/mol. The lowest BCUT2D eigenvalue weighted by Crippen LogP contribution is -2.41. The highest BCUT2D eigenvalue weighted by molar-refractivity contribution is 14.0. The van der Waals surface area contributed by atoms with E-state index in [9.17, 15) is 4.79 Å². The molecule has 7 nitrogen and oxygen atoms in total. The number of unbranched alkanes of at least 4 members (excludes halogenated alkanes) is 1. The van der Waals surface area contributed by atoms with Gasteiger partial charge in [0.15, 0.2) is 5.96 Å². The van der Waals surface area contributed by atoms with Crippen LogP contribution in [0.25, 0.3) is 0 Å². The third kappa shape index (κ3) is 12.8. The number of aliphatic imine (C=N–C) groups is 1. The Labute approximate surface area is 162 Å². The van der Waals surface area contributed by atoms with Gasteiger partial charge in [-0.25, -0.2) is 0 Å². The van der Waals surface area contributed by atoms with E-state index in [2.05, 4.69) is 20.9 Å². The summed E-state index contributed by atoms with van der Waals surface area (Å²) >= 11 is 0. The molecule has 1 rings (SSSR count). The van der Waals surface area contributed by atoms with E-state index >= 15 is 0 Å². The fourth-order valence-electron chi connectivity index (χ4n) is 1.95. The van der Waals surface area contributed by atoms with Crippen LogP contribution >= 0.6 is 24.0 Å². The number of amides is 1. The lowest BCUT2D eigenvalue weighted by atomic mass is 10.3. The summed E-state index contributed by atoms with van der Waals surface area (Å²) in [7, 11) is 1.67. The van der Waals surface area contributed by atoms with Crippen LogP contribution in [-0.2, 0) is 14.3 Å². The van der Waals surface area contributed by atoms with Gasteiger partial charge in [-0.15, -0.1) is 24.0 Å². The largest absolute Gasteiger partial charge is 0.382 e. The van der Waals surface area contributed by atoms with E-state index in [1.807, 2.05) is 6.92 Å². The van der Waals surface area contributed by atoms with Crippen LogP contribution in [-0.4, -0.2) is 65.0 Å². The van der Waals surface area contributed by atoms with E-state index < -0.39 is 0 Å². The average Bonchev–Trinajstić information content (AvgIpc) is 3.38. The van der Waals surface area contributed by atoms with Gasteiger partial charge in [-0.3, -0.25) is 9.79 Å². The first-order valence-electron chi connectivity index (χ1n) is 8.64. The molecular weight excluding hydrogens is 423 g/mol. The fraction of sp³-hybridized carbons (Fsp3) is 0.875. The molecule has 0 aliphatic heterocycles. The maximum absolute atomic E-state index is 11.5. The van der Waals surface area contributed by atoms with Gasteiger partial charge in [0, 0.05) is 45.8 Å². The van der Waals surface area contributed by atoms with Gasteiger partial charge in [0.05, 0.1) is 13.2 Å². The van der Waals surface area contributed by atoms with Crippen molar-refractivity contribution in [2.75, 3.05) is 53.1 Å². The van der Waals surface area contributed by atoms with E-state index in [0.29, 0.717) is 26.3 Å². The second-order valence-electron chi connectivity index (χ2n) is 5.57. The van der Waals surface area contributed by atoms with Gasteiger partial charge in [-0.1, -0.05) is 0 Å². The van der Waals surface area contributed by atoms with Gasteiger partial charge >= 0.3 is 0 Å². The summed E-state index contributed by atoms with van der Waals surface area (Å²) < 4.78 is 10.3. The summed E-state index contributed by atoms with van der Waals surface area (Å²) in [5.74, 6) is 1.25. The molecule has 1 saturated carbocycles. The van der Waals surface area contributed by atoms with Crippen LogP contribution in [0.2, 0.25) is 0 Å². The number of hydrogen-bond acceptors (Lipinski definition) is 4. The molecule has 8 heteroatoms. The predicted octanol–water partition coefficient (Wildman–Crippen LogP) is 1.13. The minimum absolute atomic E-state index is 0. The smallest absolute Gasteiger partial charge is 0.223 e. The molecule has 0 radical (unpaired) electrons. The monoisotopic (exact) mass is 456 g/mol. The summed E-state index contributed by atoms with van der Waals surface area (Å²) in [5.41, 5.74) is 0. The second-order valence-corrected chi connectivity index (χ2v) is 5.57. The number of hydrogen-bond donors (Lipinski definition) is 3.